The van der Waals surface area contributed by atoms with Crippen molar-refractivity contribution in [3.8, 4) is 0 Å². The number of hydrogen-bond acceptors (Lipinski definition) is 3. The average Bonchev–Trinajstić information content (AvgIpc) is 2.91. The molecule has 2 saturated heterocycles. The number of thiophene rings is 1. The number of likely N-dealkylation sites (tertiary alicyclic amines) is 1. The van der Waals surface area contributed by atoms with Gasteiger partial charge in [-0.3, -0.25) is 4.79 Å². The highest BCUT2D eigenvalue weighted by Gasteiger charge is 2.42. The summed E-state index contributed by atoms with van der Waals surface area (Å²) in [5.74, 6) is 0.193. The standard InChI is InChI=1S/C11H13NO2S/c1-7-2-3-15-10(7)11(13)12-5-9-4-8(12)6-14-9/h2-3,8-9H,4-6H2,1H3. The van der Waals surface area contributed by atoms with Gasteiger partial charge in [-0.05, 0) is 30.4 Å². The Balaban J connectivity index is 1.84. The molecule has 0 spiro atoms. The minimum absolute atomic E-state index is 0.193. The second-order valence-electron chi connectivity index (χ2n) is 4.24. The number of fused-ring (bicyclic) bond motifs is 2. The van der Waals surface area contributed by atoms with E-state index in [9.17, 15) is 4.79 Å². The number of morpholine rings is 1. The SMILES string of the molecule is Cc1ccsc1C(=O)N1CC2CC1CO2. The lowest BCUT2D eigenvalue weighted by Crippen LogP contribution is -2.41. The van der Waals surface area contributed by atoms with E-state index >= 15 is 0 Å². The summed E-state index contributed by atoms with van der Waals surface area (Å²) in [7, 11) is 0. The molecule has 2 bridgehead atoms. The van der Waals surface area contributed by atoms with Crippen molar-refractivity contribution in [1.82, 2.24) is 4.90 Å². The van der Waals surface area contributed by atoms with E-state index in [2.05, 4.69) is 0 Å². The summed E-state index contributed by atoms with van der Waals surface area (Å²) >= 11 is 1.54. The highest BCUT2D eigenvalue weighted by Crippen LogP contribution is 2.30. The molecule has 1 aromatic rings. The van der Waals surface area contributed by atoms with Gasteiger partial charge in [-0.15, -0.1) is 11.3 Å². The van der Waals surface area contributed by atoms with Crippen LogP contribution >= 0.6 is 11.3 Å². The Kier molecular flexibility index (Phi) is 2.07. The lowest BCUT2D eigenvalue weighted by Gasteiger charge is -2.26. The van der Waals surface area contributed by atoms with Crippen LogP contribution < -0.4 is 0 Å². The summed E-state index contributed by atoms with van der Waals surface area (Å²) in [6.07, 6.45) is 1.31. The lowest BCUT2D eigenvalue weighted by molar-refractivity contribution is 0.0261. The molecule has 0 N–H and O–H groups in total. The van der Waals surface area contributed by atoms with Gasteiger partial charge in [0.25, 0.3) is 5.91 Å². The molecule has 4 heteroatoms. The van der Waals surface area contributed by atoms with E-state index in [-0.39, 0.29) is 5.91 Å². The molecule has 3 rings (SSSR count). The number of hydrogen-bond donors (Lipinski definition) is 0. The Morgan fingerprint density at radius 3 is 3.07 bits per heavy atom. The first-order chi connectivity index (χ1) is 7.25. The Morgan fingerprint density at radius 2 is 2.53 bits per heavy atom. The largest absolute Gasteiger partial charge is 0.374 e. The Labute approximate surface area is 92.6 Å². The van der Waals surface area contributed by atoms with Gasteiger partial charge in [0.1, 0.15) is 0 Å². The van der Waals surface area contributed by atoms with Gasteiger partial charge in [-0.25, -0.2) is 0 Å². The van der Waals surface area contributed by atoms with Crippen LogP contribution in [0.5, 0.6) is 0 Å². The summed E-state index contributed by atoms with van der Waals surface area (Å²) in [5.41, 5.74) is 1.09. The highest BCUT2D eigenvalue weighted by atomic mass is 32.1. The first-order valence-corrected chi connectivity index (χ1v) is 6.10. The Bertz CT molecular complexity index is 401. The second-order valence-corrected chi connectivity index (χ2v) is 5.15. The number of carbonyl (C=O) groups excluding carboxylic acids is 1. The van der Waals surface area contributed by atoms with Gasteiger partial charge < -0.3 is 9.64 Å². The average molecular weight is 223 g/mol. The van der Waals surface area contributed by atoms with Gasteiger partial charge in [0.05, 0.1) is 23.6 Å². The second kappa shape index (κ2) is 3.32. The molecule has 2 aliphatic rings. The van der Waals surface area contributed by atoms with Crippen molar-refractivity contribution in [2.24, 2.45) is 0 Å². The third kappa shape index (κ3) is 1.40. The van der Waals surface area contributed by atoms with E-state index in [0.717, 1.165) is 30.0 Å². The van der Waals surface area contributed by atoms with Gasteiger partial charge in [-0.2, -0.15) is 0 Å². The topological polar surface area (TPSA) is 29.5 Å². The number of ether oxygens (including phenoxy) is 1. The normalized spacial score (nSPS) is 28.7. The number of carbonyl (C=O) groups is 1. The van der Waals surface area contributed by atoms with Crippen molar-refractivity contribution in [2.75, 3.05) is 13.2 Å². The van der Waals surface area contributed by atoms with Crippen LogP contribution in [0, 0.1) is 6.92 Å². The van der Waals surface area contributed by atoms with Crippen LogP contribution in [-0.4, -0.2) is 36.1 Å². The summed E-state index contributed by atoms with van der Waals surface area (Å²) in [6.45, 7) is 3.50. The van der Waals surface area contributed by atoms with Gasteiger partial charge in [-0.1, -0.05) is 0 Å². The predicted octanol–water partition coefficient (Wildman–Crippen LogP) is 1.67. The maximum atomic E-state index is 12.2. The summed E-state index contributed by atoms with van der Waals surface area (Å²) in [4.78, 5) is 15.1. The zero-order valence-corrected chi connectivity index (χ0v) is 9.42. The minimum Gasteiger partial charge on any atom is -0.374 e. The van der Waals surface area contributed by atoms with E-state index in [1.165, 1.54) is 11.3 Å². The number of aryl methyl sites for hydroxylation is 1. The van der Waals surface area contributed by atoms with Crippen LogP contribution in [-0.2, 0) is 4.74 Å². The van der Waals surface area contributed by atoms with Crippen LogP contribution in [0.3, 0.4) is 0 Å². The molecule has 1 aromatic heterocycles. The zero-order valence-electron chi connectivity index (χ0n) is 8.60. The fourth-order valence-corrected chi connectivity index (χ4v) is 3.25. The van der Waals surface area contributed by atoms with Crippen LogP contribution in [0.4, 0.5) is 0 Å². The first-order valence-electron chi connectivity index (χ1n) is 5.22. The molecule has 15 heavy (non-hydrogen) atoms. The molecule has 1 amide bonds. The third-order valence-electron chi connectivity index (χ3n) is 3.22. The molecule has 3 nitrogen and oxygen atoms in total. The van der Waals surface area contributed by atoms with E-state index in [1.807, 2.05) is 23.3 Å². The maximum Gasteiger partial charge on any atom is 0.264 e. The number of amides is 1. The van der Waals surface area contributed by atoms with Crippen molar-refractivity contribution in [2.45, 2.75) is 25.5 Å². The number of nitrogens with zero attached hydrogens (tertiary/aromatic N) is 1. The van der Waals surface area contributed by atoms with Crippen LogP contribution in [0.25, 0.3) is 0 Å². The van der Waals surface area contributed by atoms with E-state index in [4.69, 9.17) is 4.74 Å². The molecule has 2 atom stereocenters. The quantitative estimate of drug-likeness (QED) is 0.725. The number of rotatable bonds is 1. The molecular weight excluding hydrogens is 210 g/mol. The molecule has 2 fully saturated rings. The molecule has 80 valence electrons. The van der Waals surface area contributed by atoms with Crippen molar-refractivity contribution >= 4 is 17.2 Å². The van der Waals surface area contributed by atoms with Crippen molar-refractivity contribution in [3.63, 3.8) is 0 Å². The van der Waals surface area contributed by atoms with E-state index in [0.29, 0.717) is 12.1 Å². The molecule has 0 aromatic carbocycles. The molecule has 0 radical (unpaired) electrons. The summed E-state index contributed by atoms with van der Waals surface area (Å²) < 4.78 is 5.49. The van der Waals surface area contributed by atoms with Gasteiger partial charge in [0.15, 0.2) is 0 Å². The van der Waals surface area contributed by atoms with Crippen molar-refractivity contribution in [1.29, 1.82) is 0 Å². The molecule has 0 saturated carbocycles. The van der Waals surface area contributed by atoms with E-state index < -0.39 is 0 Å². The maximum absolute atomic E-state index is 12.2. The summed E-state index contributed by atoms with van der Waals surface area (Å²) in [6, 6.07) is 2.33. The molecule has 0 aliphatic carbocycles. The van der Waals surface area contributed by atoms with Crippen LogP contribution in [0.15, 0.2) is 11.4 Å². The smallest absolute Gasteiger partial charge is 0.264 e. The first kappa shape index (κ1) is 9.36. The lowest BCUT2D eigenvalue weighted by atomic mass is 10.2. The fourth-order valence-electron chi connectivity index (χ4n) is 2.37. The monoisotopic (exact) mass is 223 g/mol. The Morgan fingerprint density at radius 1 is 1.67 bits per heavy atom. The molecule has 2 unspecified atom stereocenters. The zero-order chi connectivity index (χ0) is 10.4. The molecule has 3 heterocycles. The summed E-state index contributed by atoms with van der Waals surface area (Å²) in [5, 5.41) is 1.98. The van der Waals surface area contributed by atoms with Crippen LogP contribution in [0.2, 0.25) is 0 Å². The van der Waals surface area contributed by atoms with Gasteiger partial charge >= 0.3 is 0 Å². The molecular formula is C11H13NO2S. The van der Waals surface area contributed by atoms with E-state index in [1.54, 1.807) is 0 Å². The predicted molar refractivity (Wildman–Crippen MR) is 58.2 cm³/mol. The fraction of sp³-hybridized carbons (Fsp3) is 0.545. The van der Waals surface area contributed by atoms with Crippen molar-refractivity contribution < 1.29 is 9.53 Å². The van der Waals surface area contributed by atoms with Crippen molar-refractivity contribution in [3.05, 3.63) is 21.9 Å². The highest BCUT2D eigenvalue weighted by molar-refractivity contribution is 7.12. The van der Waals surface area contributed by atoms with Crippen LogP contribution in [0.1, 0.15) is 21.7 Å². The molecule has 2 aliphatic heterocycles. The van der Waals surface area contributed by atoms with Gasteiger partial charge in [0.2, 0.25) is 0 Å². The van der Waals surface area contributed by atoms with Gasteiger partial charge in [0, 0.05) is 6.54 Å². The third-order valence-corrected chi connectivity index (χ3v) is 4.22. The Hall–Kier alpha value is -0.870. The minimum atomic E-state index is 0.193.